The molecule has 0 atom stereocenters. The van der Waals surface area contributed by atoms with Crippen LogP contribution >= 0.6 is 23.5 Å². The van der Waals surface area contributed by atoms with Crippen LogP contribution in [0.2, 0.25) is 0 Å². The molecule has 0 bridgehead atoms. The largest absolute Gasteiger partial charge is 0.484 e. The summed E-state index contributed by atoms with van der Waals surface area (Å²) < 4.78 is 5.95. The number of amides is 1. The molecule has 0 unspecified atom stereocenters. The SMILES string of the molecule is O=C(COc1ccc(C2SCCS2)cc1)Nc1cccc([N+](=O)[O-])c1. The highest BCUT2D eigenvalue weighted by molar-refractivity contribution is 8.19. The number of nitro benzene ring substituents is 1. The minimum absolute atomic E-state index is 0.0723. The monoisotopic (exact) mass is 376 g/mol. The summed E-state index contributed by atoms with van der Waals surface area (Å²) >= 11 is 3.87. The first-order valence-corrected chi connectivity index (χ1v) is 9.72. The van der Waals surface area contributed by atoms with E-state index in [2.05, 4.69) is 5.32 Å². The number of nitrogens with one attached hydrogen (secondary N) is 1. The molecule has 1 saturated heterocycles. The van der Waals surface area contributed by atoms with Crippen LogP contribution in [0.1, 0.15) is 10.1 Å². The molecule has 1 fully saturated rings. The van der Waals surface area contributed by atoms with E-state index in [1.165, 1.54) is 35.3 Å². The number of hydrogen-bond acceptors (Lipinski definition) is 6. The van der Waals surface area contributed by atoms with Gasteiger partial charge in [0.25, 0.3) is 11.6 Å². The molecule has 1 amide bonds. The van der Waals surface area contributed by atoms with E-state index in [4.69, 9.17) is 4.74 Å². The normalized spacial score (nSPS) is 14.2. The summed E-state index contributed by atoms with van der Waals surface area (Å²) in [4.78, 5) is 22.2. The summed E-state index contributed by atoms with van der Waals surface area (Å²) in [6, 6.07) is 13.5. The lowest BCUT2D eigenvalue weighted by molar-refractivity contribution is -0.384. The van der Waals surface area contributed by atoms with Crippen molar-refractivity contribution >= 4 is 40.8 Å². The molecule has 1 heterocycles. The number of nitrogens with zero attached hydrogens (tertiary/aromatic N) is 1. The van der Waals surface area contributed by atoms with Crippen LogP contribution in [0.15, 0.2) is 48.5 Å². The predicted octanol–water partition coefficient (Wildman–Crippen LogP) is 4.09. The molecule has 2 aromatic carbocycles. The summed E-state index contributed by atoms with van der Waals surface area (Å²) in [5, 5.41) is 13.3. The van der Waals surface area contributed by atoms with Crippen LogP contribution in [0.4, 0.5) is 11.4 Å². The zero-order chi connectivity index (χ0) is 17.6. The van der Waals surface area contributed by atoms with E-state index in [1.807, 2.05) is 47.8 Å². The van der Waals surface area contributed by atoms with Crippen LogP contribution in [0, 0.1) is 10.1 Å². The highest BCUT2D eigenvalue weighted by atomic mass is 32.2. The minimum Gasteiger partial charge on any atom is -0.484 e. The van der Waals surface area contributed by atoms with Crippen molar-refractivity contribution in [2.75, 3.05) is 23.4 Å². The molecule has 6 nitrogen and oxygen atoms in total. The topological polar surface area (TPSA) is 81.5 Å². The average molecular weight is 376 g/mol. The summed E-state index contributed by atoms with van der Waals surface area (Å²) in [5.74, 6) is 2.59. The fourth-order valence-electron chi connectivity index (χ4n) is 2.32. The van der Waals surface area contributed by atoms with Gasteiger partial charge >= 0.3 is 0 Å². The van der Waals surface area contributed by atoms with Crippen molar-refractivity contribution in [3.8, 4) is 5.75 Å². The van der Waals surface area contributed by atoms with Gasteiger partial charge < -0.3 is 10.1 Å². The van der Waals surface area contributed by atoms with Crippen LogP contribution in [-0.4, -0.2) is 28.9 Å². The first-order chi connectivity index (χ1) is 12.1. The third kappa shape index (κ3) is 4.90. The van der Waals surface area contributed by atoms with Gasteiger partial charge in [-0.1, -0.05) is 18.2 Å². The Morgan fingerprint density at radius 3 is 2.60 bits per heavy atom. The first kappa shape index (κ1) is 17.6. The maximum Gasteiger partial charge on any atom is 0.271 e. The standard InChI is InChI=1S/C17H16N2O4S2/c20-16(18-13-2-1-3-14(10-13)19(21)22)11-23-15-6-4-12(5-7-15)17-24-8-9-25-17/h1-7,10,17H,8-9,11H2,(H,18,20). The van der Waals surface area contributed by atoms with Gasteiger partial charge in [0.15, 0.2) is 6.61 Å². The molecule has 1 aliphatic rings. The van der Waals surface area contributed by atoms with Crippen molar-refractivity contribution in [3.05, 3.63) is 64.2 Å². The number of hydrogen-bond donors (Lipinski definition) is 1. The Labute approximate surface area is 153 Å². The second-order valence-electron chi connectivity index (χ2n) is 5.29. The Bertz CT molecular complexity index is 761. The number of thioether (sulfide) groups is 2. The Kier molecular flexibility index (Phi) is 5.83. The summed E-state index contributed by atoms with van der Waals surface area (Å²) in [6.07, 6.45) is 0. The molecule has 1 N–H and O–H groups in total. The van der Waals surface area contributed by atoms with E-state index in [0.717, 1.165) is 0 Å². The highest BCUT2D eigenvalue weighted by Crippen LogP contribution is 2.45. The molecular weight excluding hydrogens is 360 g/mol. The smallest absolute Gasteiger partial charge is 0.271 e. The molecule has 0 spiro atoms. The van der Waals surface area contributed by atoms with E-state index >= 15 is 0 Å². The maximum atomic E-state index is 11.9. The third-order valence-electron chi connectivity index (χ3n) is 3.48. The fourth-order valence-corrected chi connectivity index (χ4v) is 5.17. The summed E-state index contributed by atoms with van der Waals surface area (Å²) in [5.41, 5.74) is 1.55. The lowest BCUT2D eigenvalue weighted by Crippen LogP contribution is -2.20. The lowest BCUT2D eigenvalue weighted by atomic mass is 10.2. The molecule has 0 aromatic heterocycles. The van der Waals surface area contributed by atoms with Crippen LogP contribution in [-0.2, 0) is 4.79 Å². The highest BCUT2D eigenvalue weighted by Gasteiger charge is 2.18. The Balaban J connectivity index is 1.52. The van der Waals surface area contributed by atoms with E-state index < -0.39 is 4.92 Å². The van der Waals surface area contributed by atoms with E-state index in [9.17, 15) is 14.9 Å². The van der Waals surface area contributed by atoms with Gasteiger partial charge in [0.1, 0.15) is 5.75 Å². The van der Waals surface area contributed by atoms with Gasteiger partial charge in [0, 0.05) is 29.3 Å². The lowest BCUT2D eigenvalue weighted by Gasteiger charge is -2.10. The molecule has 0 aliphatic carbocycles. The molecule has 3 rings (SSSR count). The molecule has 0 radical (unpaired) electrons. The number of anilines is 1. The van der Waals surface area contributed by atoms with Gasteiger partial charge in [-0.15, -0.1) is 23.5 Å². The van der Waals surface area contributed by atoms with Gasteiger partial charge in [0.2, 0.25) is 0 Å². The number of ether oxygens (including phenoxy) is 1. The average Bonchev–Trinajstić information content (AvgIpc) is 3.15. The molecule has 0 saturated carbocycles. The van der Waals surface area contributed by atoms with Crippen LogP contribution < -0.4 is 10.1 Å². The van der Waals surface area contributed by atoms with Gasteiger partial charge in [0.05, 0.1) is 9.51 Å². The van der Waals surface area contributed by atoms with Crippen molar-refractivity contribution in [1.82, 2.24) is 0 Å². The Hall–Kier alpha value is -2.19. The molecule has 130 valence electrons. The van der Waals surface area contributed by atoms with Crippen molar-refractivity contribution < 1.29 is 14.5 Å². The maximum absolute atomic E-state index is 11.9. The number of rotatable bonds is 6. The number of carbonyl (C=O) groups is 1. The van der Waals surface area contributed by atoms with Crippen molar-refractivity contribution in [3.63, 3.8) is 0 Å². The number of benzene rings is 2. The minimum atomic E-state index is -0.505. The molecular formula is C17H16N2O4S2. The van der Waals surface area contributed by atoms with E-state index in [-0.39, 0.29) is 18.2 Å². The Morgan fingerprint density at radius 1 is 1.20 bits per heavy atom. The predicted molar refractivity (Wildman–Crippen MR) is 101 cm³/mol. The van der Waals surface area contributed by atoms with Gasteiger partial charge in [-0.05, 0) is 23.8 Å². The van der Waals surface area contributed by atoms with Gasteiger partial charge in [-0.3, -0.25) is 14.9 Å². The Morgan fingerprint density at radius 2 is 1.92 bits per heavy atom. The fraction of sp³-hybridized carbons (Fsp3) is 0.235. The second kappa shape index (κ2) is 8.26. The zero-order valence-corrected chi connectivity index (χ0v) is 14.8. The van der Waals surface area contributed by atoms with Crippen molar-refractivity contribution in [2.45, 2.75) is 4.58 Å². The van der Waals surface area contributed by atoms with E-state index in [0.29, 0.717) is 16.0 Å². The first-order valence-electron chi connectivity index (χ1n) is 7.62. The van der Waals surface area contributed by atoms with Crippen LogP contribution in [0.5, 0.6) is 5.75 Å². The zero-order valence-electron chi connectivity index (χ0n) is 13.2. The second-order valence-corrected chi connectivity index (χ2v) is 8.01. The molecule has 1 aliphatic heterocycles. The molecule has 2 aromatic rings. The molecule has 25 heavy (non-hydrogen) atoms. The van der Waals surface area contributed by atoms with Gasteiger partial charge in [-0.2, -0.15) is 0 Å². The van der Waals surface area contributed by atoms with Gasteiger partial charge in [-0.25, -0.2) is 0 Å². The van der Waals surface area contributed by atoms with Crippen molar-refractivity contribution in [2.24, 2.45) is 0 Å². The summed E-state index contributed by atoms with van der Waals surface area (Å²) in [6.45, 7) is -0.158. The van der Waals surface area contributed by atoms with Crippen LogP contribution in [0.3, 0.4) is 0 Å². The van der Waals surface area contributed by atoms with Crippen LogP contribution in [0.25, 0.3) is 0 Å². The summed E-state index contributed by atoms with van der Waals surface area (Å²) in [7, 11) is 0. The number of non-ortho nitro benzene ring substituents is 1. The number of nitro groups is 1. The number of carbonyl (C=O) groups excluding carboxylic acids is 1. The third-order valence-corrected chi connectivity index (χ3v) is 6.59. The van der Waals surface area contributed by atoms with E-state index in [1.54, 1.807) is 6.07 Å². The van der Waals surface area contributed by atoms with Crippen molar-refractivity contribution in [1.29, 1.82) is 0 Å². The quantitative estimate of drug-likeness (QED) is 0.604. The molecule has 8 heteroatoms.